The highest BCUT2D eigenvalue weighted by Gasteiger charge is 2.21. The SMILES string of the molecule is Cc1cc(OCc2c(F)cccc2F)c2nc(C)c(C(=O)CCC(N)c3cccc(OCCO)c3)n2c1. The number of benzene rings is 2. The van der Waals surface area contributed by atoms with E-state index >= 15 is 0 Å². The summed E-state index contributed by atoms with van der Waals surface area (Å²) in [5.74, 6) is -0.600. The van der Waals surface area contributed by atoms with E-state index in [-0.39, 0.29) is 37.6 Å². The Kier molecular flexibility index (Phi) is 8.15. The molecule has 3 N–H and O–H groups in total. The van der Waals surface area contributed by atoms with Gasteiger partial charge in [0, 0.05) is 18.7 Å². The number of rotatable bonds is 11. The zero-order chi connectivity index (χ0) is 26.5. The van der Waals surface area contributed by atoms with Gasteiger partial charge in [-0.3, -0.25) is 9.20 Å². The van der Waals surface area contributed by atoms with Gasteiger partial charge < -0.3 is 20.3 Å². The number of carbonyl (C=O) groups excluding carboxylic acids is 1. The molecule has 194 valence electrons. The molecule has 0 saturated heterocycles. The van der Waals surface area contributed by atoms with Crippen LogP contribution in [0.5, 0.6) is 11.5 Å². The Morgan fingerprint density at radius 2 is 1.84 bits per heavy atom. The molecule has 7 nitrogen and oxygen atoms in total. The number of carbonyl (C=O) groups is 1. The van der Waals surface area contributed by atoms with Gasteiger partial charge in [0.05, 0.1) is 17.9 Å². The fourth-order valence-electron chi connectivity index (χ4n) is 4.19. The first-order valence-corrected chi connectivity index (χ1v) is 12.0. The summed E-state index contributed by atoms with van der Waals surface area (Å²) in [6, 6.07) is 12.2. The summed E-state index contributed by atoms with van der Waals surface area (Å²) in [6.45, 7) is 3.35. The normalized spacial score (nSPS) is 12.1. The van der Waals surface area contributed by atoms with Crippen LogP contribution in [0.4, 0.5) is 8.78 Å². The molecule has 0 amide bonds. The van der Waals surface area contributed by atoms with Crippen molar-refractivity contribution in [2.45, 2.75) is 39.3 Å². The topological polar surface area (TPSA) is 99.1 Å². The van der Waals surface area contributed by atoms with E-state index in [1.165, 1.54) is 18.2 Å². The summed E-state index contributed by atoms with van der Waals surface area (Å²) in [7, 11) is 0. The number of aryl methyl sites for hydroxylation is 2. The lowest BCUT2D eigenvalue weighted by atomic mass is 10.00. The first-order valence-electron chi connectivity index (χ1n) is 12.0. The summed E-state index contributed by atoms with van der Waals surface area (Å²) < 4.78 is 41.0. The highest BCUT2D eigenvalue weighted by Crippen LogP contribution is 2.28. The van der Waals surface area contributed by atoms with E-state index in [4.69, 9.17) is 20.3 Å². The van der Waals surface area contributed by atoms with E-state index in [1.54, 1.807) is 35.7 Å². The number of aliphatic hydroxyl groups is 1. The van der Waals surface area contributed by atoms with Crippen LogP contribution < -0.4 is 15.2 Å². The van der Waals surface area contributed by atoms with Crippen molar-refractivity contribution >= 4 is 11.4 Å². The minimum atomic E-state index is -0.694. The summed E-state index contributed by atoms with van der Waals surface area (Å²) in [4.78, 5) is 17.8. The lowest BCUT2D eigenvalue weighted by molar-refractivity contribution is 0.0971. The maximum atomic E-state index is 14.1. The molecule has 0 spiro atoms. The van der Waals surface area contributed by atoms with Crippen molar-refractivity contribution in [1.82, 2.24) is 9.38 Å². The maximum Gasteiger partial charge on any atom is 0.181 e. The molecule has 4 rings (SSSR count). The first kappa shape index (κ1) is 26.2. The molecule has 4 aromatic rings. The number of hydrogen-bond donors (Lipinski definition) is 2. The summed E-state index contributed by atoms with van der Waals surface area (Å²) in [5, 5.41) is 8.95. The quantitative estimate of drug-likeness (QED) is 0.281. The molecule has 0 saturated carbocycles. The lowest BCUT2D eigenvalue weighted by Gasteiger charge is -2.14. The van der Waals surface area contributed by atoms with Gasteiger partial charge in [-0.2, -0.15) is 0 Å². The third-order valence-electron chi connectivity index (χ3n) is 6.02. The van der Waals surface area contributed by atoms with E-state index < -0.39 is 17.7 Å². The van der Waals surface area contributed by atoms with Crippen LogP contribution in [0.25, 0.3) is 5.65 Å². The average Bonchev–Trinajstić information content (AvgIpc) is 3.21. The smallest absolute Gasteiger partial charge is 0.181 e. The molecule has 9 heteroatoms. The van der Waals surface area contributed by atoms with Gasteiger partial charge in [-0.25, -0.2) is 13.8 Å². The van der Waals surface area contributed by atoms with Crippen molar-refractivity contribution in [2.24, 2.45) is 5.73 Å². The monoisotopic (exact) mass is 509 g/mol. The highest BCUT2D eigenvalue weighted by molar-refractivity contribution is 5.96. The van der Waals surface area contributed by atoms with E-state index in [2.05, 4.69) is 4.98 Å². The van der Waals surface area contributed by atoms with Crippen LogP contribution in [0.2, 0.25) is 0 Å². The van der Waals surface area contributed by atoms with Gasteiger partial charge in [0.15, 0.2) is 17.2 Å². The standard InChI is InChI=1S/C28H29F2N3O4/c1-17-13-26(37-16-21-22(29)7-4-8-23(21)30)28-32-18(2)27(33(28)15-17)25(35)10-9-24(31)19-5-3-6-20(14-19)36-12-11-34/h3-8,13-15,24,34H,9-12,16,31H2,1-2H3. The largest absolute Gasteiger partial charge is 0.491 e. The number of hydrogen-bond acceptors (Lipinski definition) is 6. The number of aliphatic hydroxyl groups excluding tert-OH is 1. The molecule has 2 heterocycles. The summed E-state index contributed by atoms with van der Waals surface area (Å²) in [5.41, 5.74) is 9.11. The van der Waals surface area contributed by atoms with Crippen LogP contribution in [-0.4, -0.2) is 33.5 Å². The lowest BCUT2D eigenvalue weighted by Crippen LogP contribution is -2.14. The van der Waals surface area contributed by atoms with Crippen LogP contribution in [0.3, 0.4) is 0 Å². The van der Waals surface area contributed by atoms with E-state index in [0.717, 1.165) is 11.1 Å². The summed E-state index contributed by atoms with van der Waals surface area (Å²) >= 11 is 0. The zero-order valence-corrected chi connectivity index (χ0v) is 20.7. The number of Topliss-reactive ketones (excluding diaryl/α,β-unsaturated/α-hetero) is 1. The second-order valence-electron chi connectivity index (χ2n) is 8.82. The minimum Gasteiger partial charge on any atom is -0.491 e. The van der Waals surface area contributed by atoms with E-state index in [1.807, 2.05) is 19.1 Å². The second kappa shape index (κ2) is 11.5. The van der Waals surface area contributed by atoms with Crippen molar-refractivity contribution in [2.75, 3.05) is 13.2 Å². The first-order chi connectivity index (χ1) is 17.8. The third-order valence-corrected chi connectivity index (χ3v) is 6.02. The van der Waals surface area contributed by atoms with Crippen LogP contribution in [0.15, 0.2) is 54.7 Å². The van der Waals surface area contributed by atoms with E-state index in [9.17, 15) is 13.6 Å². The molecule has 37 heavy (non-hydrogen) atoms. The van der Waals surface area contributed by atoms with Gasteiger partial charge in [0.25, 0.3) is 0 Å². The summed E-state index contributed by atoms with van der Waals surface area (Å²) in [6.07, 6.45) is 2.36. The van der Waals surface area contributed by atoms with Gasteiger partial charge >= 0.3 is 0 Å². The predicted molar refractivity (Wildman–Crippen MR) is 135 cm³/mol. The number of ketones is 1. The maximum absolute atomic E-state index is 14.1. The Morgan fingerprint density at radius 3 is 2.57 bits per heavy atom. The molecule has 0 aliphatic carbocycles. The van der Waals surface area contributed by atoms with Gasteiger partial charge in [-0.1, -0.05) is 18.2 Å². The zero-order valence-electron chi connectivity index (χ0n) is 20.7. The van der Waals surface area contributed by atoms with Crippen LogP contribution in [-0.2, 0) is 6.61 Å². The number of nitrogens with zero attached hydrogens (tertiary/aromatic N) is 2. The second-order valence-corrected chi connectivity index (χ2v) is 8.82. The van der Waals surface area contributed by atoms with Crippen LogP contribution in [0, 0.1) is 25.5 Å². The number of nitrogens with two attached hydrogens (primary N) is 1. The Bertz CT molecular complexity index is 1400. The number of imidazole rings is 1. The van der Waals surface area contributed by atoms with Gasteiger partial charge in [0.2, 0.25) is 0 Å². The molecule has 0 bridgehead atoms. The molecule has 0 fully saturated rings. The van der Waals surface area contributed by atoms with Crippen molar-refractivity contribution in [3.05, 3.63) is 94.4 Å². The molecule has 2 aromatic carbocycles. The molecule has 1 atom stereocenters. The van der Waals surface area contributed by atoms with Crippen LogP contribution >= 0.6 is 0 Å². The molecule has 2 aromatic heterocycles. The molecular formula is C28H29F2N3O4. The Balaban J connectivity index is 1.52. The molecule has 0 radical (unpaired) electrons. The van der Waals surface area contributed by atoms with Crippen molar-refractivity contribution in [3.8, 4) is 11.5 Å². The number of halogens is 2. The Morgan fingerprint density at radius 1 is 1.11 bits per heavy atom. The van der Waals surface area contributed by atoms with Gasteiger partial charge in [-0.15, -0.1) is 0 Å². The minimum absolute atomic E-state index is 0.0876. The highest BCUT2D eigenvalue weighted by atomic mass is 19.1. The van der Waals surface area contributed by atoms with Crippen LogP contribution in [0.1, 0.15) is 51.8 Å². The van der Waals surface area contributed by atoms with Crippen molar-refractivity contribution in [1.29, 1.82) is 0 Å². The molecule has 1 unspecified atom stereocenters. The Labute approximate surface area is 213 Å². The fourth-order valence-corrected chi connectivity index (χ4v) is 4.19. The predicted octanol–water partition coefficient (Wildman–Crippen LogP) is 4.84. The van der Waals surface area contributed by atoms with Crippen molar-refractivity contribution in [3.63, 3.8) is 0 Å². The number of fused-ring (bicyclic) bond motifs is 1. The molecule has 0 aliphatic heterocycles. The van der Waals surface area contributed by atoms with Crippen molar-refractivity contribution < 1.29 is 28.2 Å². The number of pyridine rings is 1. The van der Waals surface area contributed by atoms with Gasteiger partial charge in [0.1, 0.15) is 36.3 Å². The van der Waals surface area contributed by atoms with E-state index in [0.29, 0.717) is 35.0 Å². The molecular weight excluding hydrogens is 480 g/mol. The fraction of sp³-hybridized carbons (Fsp3) is 0.286. The van der Waals surface area contributed by atoms with Gasteiger partial charge in [-0.05, 0) is 61.7 Å². The Hall–Kier alpha value is -3.82. The number of ether oxygens (including phenoxy) is 2. The number of aromatic nitrogens is 2. The molecule has 0 aliphatic rings. The average molecular weight is 510 g/mol. The third kappa shape index (κ3) is 5.95.